The molecule has 21 heavy (non-hydrogen) atoms. The smallest absolute Gasteiger partial charge is 0.323 e. The van der Waals surface area contributed by atoms with E-state index in [9.17, 15) is 0 Å². The molecule has 0 saturated heterocycles. The van der Waals surface area contributed by atoms with Gasteiger partial charge in [0.2, 0.25) is 11.9 Å². The van der Waals surface area contributed by atoms with Gasteiger partial charge in [0.1, 0.15) is 0 Å². The second-order valence-corrected chi connectivity index (χ2v) is 5.13. The first kappa shape index (κ1) is 15.5. The maximum absolute atomic E-state index is 5.35. The Labute approximate surface area is 132 Å². The fourth-order valence-electron chi connectivity index (χ4n) is 1.69. The van der Waals surface area contributed by atoms with E-state index in [4.69, 9.17) is 4.74 Å². The van der Waals surface area contributed by atoms with Crippen molar-refractivity contribution >= 4 is 27.8 Å². The van der Waals surface area contributed by atoms with Gasteiger partial charge in [-0.15, -0.1) is 0 Å². The first-order valence-corrected chi connectivity index (χ1v) is 7.61. The van der Waals surface area contributed by atoms with Crippen molar-refractivity contribution in [3.05, 3.63) is 34.3 Å². The van der Waals surface area contributed by atoms with E-state index in [2.05, 4.69) is 41.5 Å². The Morgan fingerprint density at radius 3 is 2.52 bits per heavy atom. The van der Waals surface area contributed by atoms with Crippen LogP contribution in [0.4, 0.5) is 11.9 Å². The predicted octanol–water partition coefficient (Wildman–Crippen LogP) is 3.08. The molecule has 0 spiro atoms. The van der Waals surface area contributed by atoms with E-state index in [1.54, 1.807) is 0 Å². The van der Waals surface area contributed by atoms with Gasteiger partial charge in [-0.3, -0.25) is 0 Å². The predicted molar refractivity (Wildman–Crippen MR) is 86.6 cm³/mol. The molecular weight excluding hydrogens is 334 g/mol. The summed E-state index contributed by atoms with van der Waals surface area (Å²) in [4.78, 5) is 12.7. The first-order chi connectivity index (χ1) is 10.2. The summed E-state index contributed by atoms with van der Waals surface area (Å²) in [5, 5.41) is 6.25. The number of nitrogens with zero attached hydrogens (tertiary/aromatic N) is 3. The molecule has 6 nitrogen and oxygen atoms in total. The highest BCUT2D eigenvalue weighted by atomic mass is 79.9. The average Bonchev–Trinajstić information content (AvgIpc) is 2.46. The molecule has 0 saturated carbocycles. The van der Waals surface area contributed by atoms with Crippen LogP contribution in [0.25, 0.3) is 0 Å². The van der Waals surface area contributed by atoms with E-state index in [0.717, 1.165) is 16.6 Å². The molecule has 2 rings (SSSR count). The van der Waals surface area contributed by atoms with E-state index in [-0.39, 0.29) is 0 Å². The van der Waals surface area contributed by atoms with Crippen LogP contribution in [0.5, 0.6) is 6.01 Å². The Morgan fingerprint density at radius 2 is 1.86 bits per heavy atom. The average molecular weight is 352 g/mol. The number of nitrogens with one attached hydrogen (secondary N) is 2. The number of ether oxygens (including phenoxy) is 1. The molecule has 2 N–H and O–H groups in total. The number of rotatable bonds is 7. The van der Waals surface area contributed by atoms with Crippen LogP contribution in [-0.4, -0.2) is 28.1 Å². The number of hydrogen-bond acceptors (Lipinski definition) is 6. The van der Waals surface area contributed by atoms with Crippen LogP contribution in [0.3, 0.4) is 0 Å². The SMILES string of the molecule is CCNc1nc(NCc2cccc(Br)c2)nc(OCC)n1. The van der Waals surface area contributed by atoms with Crippen molar-refractivity contribution < 1.29 is 4.74 Å². The lowest BCUT2D eigenvalue weighted by atomic mass is 10.2. The summed E-state index contributed by atoms with van der Waals surface area (Å²) in [6.45, 7) is 5.76. The lowest BCUT2D eigenvalue weighted by Crippen LogP contribution is -2.10. The summed E-state index contributed by atoms with van der Waals surface area (Å²) in [6.07, 6.45) is 0. The highest BCUT2D eigenvalue weighted by Crippen LogP contribution is 2.14. The van der Waals surface area contributed by atoms with E-state index in [1.165, 1.54) is 0 Å². The Hall–Kier alpha value is -1.89. The molecule has 0 atom stereocenters. The fourth-order valence-corrected chi connectivity index (χ4v) is 2.14. The Bertz CT molecular complexity index is 569. The van der Waals surface area contributed by atoms with Crippen LogP contribution >= 0.6 is 15.9 Å². The number of hydrogen-bond donors (Lipinski definition) is 2. The fraction of sp³-hybridized carbons (Fsp3) is 0.357. The molecule has 0 fully saturated rings. The molecule has 0 radical (unpaired) electrons. The molecule has 7 heteroatoms. The van der Waals surface area contributed by atoms with Crippen LogP contribution in [0.15, 0.2) is 28.7 Å². The molecule has 0 aliphatic carbocycles. The lowest BCUT2D eigenvalue weighted by Gasteiger charge is -2.09. The molecule has 1 aromatic carbocycles. The third-order valence-electron chi connectivity index (χ3n) is 2.56. The number of anilines is 2. The molecular formula is C14H18BrN5O. The van der Waals surface area contributed by atoms with Crippen molar-refractivity contribution in [2.75, 3.05) is 23.8 Å². The van der Waals surface area contributed by atoms with Gasteiger partial charge in [0, 0.05) is 17.6 Å². The van der Waals surface area contributed by atoms with Gasteiger partial charge in [-0.2, -0.15) is 15.0 Å². The molecule has 0 bridgehead atoms. The lowest BCUT2D eigenvalue weighted by molar-refractivity contribution is 0.312. The van der Waals surface area contributed by atoms with Crippen molar-refractivity contribution in [2.24, 2.45) is 0 Å². The summed E-state index contributed by atoms with van der Waals surface area (Å²) >= 11 is 3.45. The first-order valence-electron chi connectivity index (χ1n) is 6.82. The highest BCUT2D eigenvalue weighted by molar-refractivity contribution is 9.10. The minimum Gasteiger partial charge on any atom is -0.464 e. The summed E-state index contributed by atoms with van der Waals surface area (Å²) in [6, 6.07) is 8.38. The zero-order chi connectivity index (χ0) is 15.1. The highest BCUT2D eigenvalue weighted by Gasteiger charge is 2.06. The molecule has 0 amide bonds. The maximum Gasteiger partial charge on any atom is 0.323 e. The normalized spacial score (nSPS) is 10.2. The van der Waals surface area contributed by atoms with Gasteiger partial charge in [-0.05, 0) is 31.5 Å². The number of benzene rings is 1. The third-order valence-corrected chi connectivity index (χ3v) is 3.06. The summed E-state index contributed by atoms with van der Waals surface area (Å²) in [5.41, 5.74) is 1.13. The van der Waals surface area contributed by atoms with E-state index in [1.807, 2.05) is 38.1 Å². The van der Waals surface area contributed by atoms with Gasteiger partial charge in [0.05, 0.1) is 6.61 Å². The topological polar surface area (TPSA) is 72.0 Å². The Morgan fingerprint density at radius 1 is 1.10 bits per heavy atom. The number of halogens is 1. The molecule has 0 unspecified atom stereocenters. The molecule has 2 aromatic rings. The molecule has 0 aliphatic heterocycles. The maximum atomic E-state index is 5.35. The monoisotopic (exact) mass is 351 g/mol. The van der Waals surface area contributed by atoms with E-state index in [0.29, 0.717) is 31.1 Å². The van der Waals surface area contributed by atoms with Crippen molar-refractivity contribution in [1.29, 1.82) is 0 Å². The Kier molecular flexibility index (Phi) is 5.74. The van der Waals surface area contributed by atoms with Crippen LogP contribution in [-0.2, 0) is 6.54 Å². The van der Waals surface area contributed by atoms with Crippen molar-refractivity contribution in [1.82, 2.24) is 15.0 Å². The minimum absolute atomic E-state index is 0.320. The summed E-state index contributed by atoms with van der Waals surface area (Å²) < 4.78 is 6.40. The van der Waals surface area contributed by atoms with Gasteiger partial charge in [-0.25, -0.2) is 0 Å². The van der Waals surface area contributed by atoms with Gasteiger partial charge >= 0.3 is 6.01 Å². The largest absolute Gasteiger partial charge is 0.464 e. The van der Waals surface area contributed by atoms with Gasteiger partial charge in [0.25, 0.3) is 0 Å². The van der Waals surface area contributed by atoms with Crippen LogP contribution < -0.4 is 15.4 Å². The minimum atomic E-state index is 0.320. The third kappa shape index (κ3) is 4.86. The zero-order valence-corrected chi connectivity index (χ0v) is 13.6. The number of aromatic nitrogens is 3. The second kappa shape index (κ2) is 7.78. The molecule has 0 aliphatic rings. The van der Waals surface area contributed by atoms with Crippen LogP contribution in [0.2, 0.25) is 0 Å². The van der Waals surface area contributed by atoms with Gasteiger partial charge < -0.3 is 15.4 Å². The molecule has 1 heterocycles. The van der Waals surface area contributed by atoms with Crippen molar-refractivity contribution in [3.63, 3.8) is 0 Å². The zero-order valence-electron chi connectivity index (χ0n) is 12.1. The van der Waals surface area contributed by atoms with Gasteiger partial charge in [-0.1, -0.05) is 28.1 Å². The quantitative estimate of drug-likeness (QED) is 0.798. The Balaban J connectivity index is 2.10. The van der Waals surface area contributed by atoms with Crippen molar-refractivity contribution in [2.45, 2.75) is 20.4 Å². The standard InChI is InChI=1S/C14H18BrN5O/c1-3-16-12-18-13(20-14(19-12)21-4-2)17-9-10-6-5-7-11(15)8-10/h5-8H,3-4,9H2,1-2H3,(H2,16,17,18,19,20). The van der Waals surface area contributed by atoms with E-state index < -0.39 is 0 Å². The van der Waals surface area contributed by atoms with Crippen molar-refractivity contribution in [3.8, 4) is 6.01 Å². The second-order valence-electron chi connectivity index (χ2n) is 4.21. The summed E-state index contributed by atoms with van der Waals surface area (Å²) in [7, 11) is 0. The molecule has 1 aromatic heterocycles. The van der Waals surface area contributed by atoms with Crippen LogP contribution in [0, 0.1) is 0 Å². The van der Waals surface area contributed by atoms with Crippen LogP contribution in [0.1, 0.15) is 19.4 Å². The van der Waals surface area contributed by atoms with Gasteiger partial charge in [0.15, 0.2) is 0 Å². The van der Waals surface area contributed by atoms with E-state index >= 15 is 0 Å². The summed E-state index contributed by atoms with van der Waals surface area (Å²) in [5.74, 6) is 0.997. The molecule has 112 valence electrons.